The third-order valence-electron chi connectivity index (χ3n) is 6.00. The summed E-state index contributed by atoms with van der Waals surface area (Å²) in [6, 6.07) is 0. The first-order valence-corrected chi connectivity index (χ1v) is 16.3. The van der Waals surface area contributed by atoms with Gasteiger partial charge in [0.25, 0.3) is 23.4 Å². The van der Waals surface area contributed by atoms with Crippen molar-refractivity contribution in [1.82, 2.24) is 0 Å². The molecule has 0 spiro atoms. The number of hydrogen-bond donors (Lipinski definition) is 0. The van der Waals surface area contributed by atoms with E-state index in [2.05, 4.69) is 37.0 Å². The predicted molar refractivity (Wildman–Crippen MR) is 171 cm³/mol. The van der Waals surface area contributed by atoms with Gasteiger partial charge in [0.15, 0.2) is 0 Å². The SMILES string of the molecule is CC(F)(F)C(C)(F)C(F)(F)F.CC(F)(F)C(C)(F)Cl.CC(F)(F)C(C)(F)Cl.CC(F)(F)C(C)(F)F.CCC(C)(F)F.CCCC.CCCC(F)(F)C(C)(F)F. The van der Waals surface area contributed by atoms with Crippen molar-refractivity contribution < 1.29 is 96.6 Å². The molecule has 0 nitrogen and oxygen atoms in total. The zero-order chi connectivity index (χ0) is 47.5. The van der Waals surface area contributed by atoms with Crippen molar-refractivity contribution in [3.63, 3.8) is 0 Å². The van der Waals surface area contributed by atoms with E-state index in [1.54, 1.807) is 0 Å². The Morgan fingerprint density at radius 3 is 0.545 bits per heavy atom. The molecule has 0 radical (unpaired) electrons. The van der Waals surface area contributed by atoms with E-state index in [1.807, 2.05) is 0 Å². The molecule has 0 fully saturated rings. The summed E-state index contributed by atoms with van der Waals surface area (Å²) in [7, 11) is 0. The molecule has 0 aromatic rings. The first-order valence-electron chi connectivity index (χ1n) is 15.6. The van der Waals surface area contributed by atoms with Gasteiger partial charge in [0.2, 0.25) is 16.2 Å². The Kier molecular flexibility index (Phi) is 31.0. The molecular weight excluding hydrogens is 861 g/mol. The van der Waals surface area contributed by atoms with Crippen molar-refractivity contribution in [3.8, 4) is 0 Å². The molecule has 3 unspecified atom stereocenters. The zero-order valence-corrected chi connectivity index (χ0v) is 34.1. The van der Waals surface area contributed by atoms with Gasteiger partial charge in [0.1, 0.15) is 0 Å². The highest BCUT2D eigenvalue weighted by Crippen LogP contribution is 2.44. The molecule has 0 aliphatic carbocycles. The molecule has 344 valence electrons. The minimum atomic E-state index is -5.54. The van der Waals surface area contributed by atoms with Gasteiger partial charge in [-0.1, -0.05) is 70.2 Å². The normalized spacial score (nSPS) is 16.3. The topological polar surface area (TPSA) is 0 Å². The Morgan fingerprint density at radius 1 is 0.327 bits per heavy atom. The van der Waals surface area contributed by atoms with E-state index in [9.17, 15) is 96.6 Å². The maximum atomic E-state index is 12.2. The summed E-state index contributed by atoms with van der Waals surface area (Å²) in [5.74, 6) is -29.3. The van der Waals surface area contributed by atoms with E-state index in [4.69, 9.17) is 0 Å². The molecule has 0 amide bonds. The Morgan fingerprint density at radius 2 is 0.527 bits per heavy atom. The highest BCUT2D eigenvalue weighted by atomic mass is 35.5. The molecule has 0 saturated heterocycles. The fourth-order valence-corrected chi connectivity index (χ4v) is 0.782. The smallest absolute Gasteiger partial charge is 0.227 e. The standard InChI is InChI=1S/C6H10F4.C5H6F6.2C4H6ClF3.C4H6F4.C4H8F2.C4H10/c1-3-4-6(9,10)5(2,7)8;1-3(6,4(2,7)8)5(9,10)11;3*1-3(5,6)4(2,7)8;1-3-4(2,5)6;1-3-4-2/h3-4H2,1-2H3;1-2H3;3*1-2H3;3H2,1-2H3;3-4H2,1-2H3. The van der Waals surface area contributed by atoms with Crippen LogP contribution in [0.3, 0.4) is 0 Å². The summed E-state index contributed by atoms with van der Waals surface area (Å²) in [5, 5.41) is -5.85. The van der Waals surface area contributed by atoms with Crippen molar-refractivity contribution in [2.24, 2.45) is 0 Å². The van der Waals surface area contributed by atoms with E-state index in [0.29, 0.717) is 27.7 Å². The van der Waals surface area contributed by atoms with Crippen molar-refractivity contribution in [1.29, 1.82) is 0 Å². The molecule has 0 aliphatic rings. The third-order valence-corrected chi connectivity index (χ3v) is 6.66. The summed E-state index contributed by atoms with van der Waals surface area (Å²) in [6.45, 7) is 10.6. The Labute approximate surface area is 318 Å². The maximum absolute atomic E-state index is 12.2. The van der Waals surface area contributed by atoms with Crippen LogP contribution in [0, 0.1) is 0 Å². The molecule has 0 rings (SSSR count). The number of alkyl halides is 24. The summed E-state index contributed by atoms with van der Waals surface area (Å²) in [6.07, 6.45) is -3.65. The molecule has 0 N–H and O–H groups in total. The highest BCUT2D eigenvalue weighted by Gasteiger charge is 2.65. The zero-order valence-electron chi connectivity index (χ0n) is 32.6. The van der Waals surface area contributed by atoms with Crippen molar-refractivity contribution in [3.05, 3.63) is 0 Å². The van der Waals surface area contributed by atoms with Crippen LogP contribution < -0.4 is 0 Å². The van der Waals surface area contributed by atoms with Crippen LogP contribution in [0.1, 0.15) is 129 Å². The maximum Gasteiger partial charge on any atom is 0.428 e. The summed E-state index contributed by atoms with van der Waals surface area (Å²) < 4.78 is 258. The molecule has 24 heteroatoms. The van der Waals surface area contributed by atoms with E-state index in [0.717, 1.165) is 6.92 Å². The lowest BCUT2D eigenvalue weighted by molar-refractivity contribution is -0.289. The van der Waals surface area contributed by atoms with Crippen LogP contribution >= 0.6 is 23.2 Å². The Balaban J connectivity index is -0.0000000994. The highest BCUT2D eigenvalue weighted by molar-refractivity contribution is 6.23. The van der Waals surface area contributed by atoms with Crippen LogP contribution in [0.5, 0.6) is 0 Å². The van der Waals surface area contributed by atoms with E-state index in [1.165, 1.54) is 26.7 Å². The summed E-state index contributed by atoms with van der Waals surface area (Å²) >= 11 is 9.19. The summed E-state index contributed by atoms with van der Waals surface area (Å²) in [5.41, 5.74) is -4.46. The molecule has 0 heterocycles. The monoisotopic (exact) mass is 912 g/mol. The van der Waals surface area contributed by atoms with Gasteiger partial charge in [-0.15, -0.1) is 0 Å². The van der Waals surface area contributed by atoms with Crippen LogP contribution in [-0.4, -0.2) is 69.5 Å². The van der Waals surface area contributed by atoms with Gasteiger partial charge in [0.05, 0.1) is 0 Å². The molecule has 0 bridgehead atoms. The molecule has 3 atom stereocenters. The second-order valence-electron chi connectivity index (χ2n) is 12.5. The molecule has 0 aromatic carbocycles. The van der Waals surface area contributed by atoms with Crippen LogP contribution in [0.4, 0.5) is 96.6 Å². The molecule has 0 aliphatic heterocycles. The van der Waals surface area contributed by atoms with E-state index < -0.39 is 75.9 Å². The Hall–Kier alpha value is -0.960. The fraction of sp³-hybridized carbons (Fsp3) is 1.00. The van der Waals surface area contributed by atoms with Crippen molar-refractivity contribution in [2.45, 2.75) is 199 Å². The first-order chi connectivity index (χ1) is 23.0. The average Bonchev–Trinajstić information content (AvgIpc) is 2.85. The van der Waals surface area contributed by atoms with E-state index >= 15 is 0 Å². The molecule has 55 heavy (non-hydrogen) atoms. The van der Waals surface area contributed by atoms with Gasteiger partial charge in [-0.3, -0.25) is 0 Å². The predicted octanol–water partition coefficient (Wildman–Crippen LogP) is 17.3. The number of rotatable bonds is 9. The quantitative estimate of drug-likeness (QED) is 0.160. The number of hydrogen-bond acceptors (Lipinski definition) is 0. The lowest BCUT2D eigenvalue weighted by atomic mass is 10.0. The third kappa shape index (κ3) is 37.1. The molecule has 0 aromatic heterocycles. The second kappa shape index (κ2) is 24.8. The summed E-state index contributed by atoms with van der Waals surface area (Å²) in [4.78, 5) is 0. The largest absolute Gasteiger partial charge is 0.428 e. The van der Waals surface area contributed by atoms with Gasteiger partial charge in [-0.2, -0.15) is 22.0 Å². The van der Waals surface area contributed by atoms with Crippen molar-refractivity contribution in [2.75, 3.05) is 0 Å². The minimum absolute atomic E-state index is 0.0625. The van der Waals surface area contributed by atoms with Crippen LogP contribution in [0.15, 0.2) is 0 Å². The lowest BCUT2D eigenvalue weighted by Gasteiger charge is -2.28. The number of unbranched alkanes of at least 4 members (excludes halogenated alkanes) is 1. The number of halogens is 24. The molecular formula is C31H52Cl2F22. The van der Waals surface area contributed by atoms with Gasteiger partial charge in [-0.25, -0.2) is 74.6 Å². The average molecular weight is 914 g/mol. The van der Waals surface area contributed by atoms with Gasteiger partial charge in [0, 0.05) is 54.4 Å². The molecule has 0 saturated carbocycles. The second-order valence-corrected chi connectivity index (χ2v) is 13.9. The van der Waals surface area contributed by atoms with Crippen LogP contribution in [0.25, 0.3) is 0 Å². The first kappa shape index (κ1) is 68.7. The lowest BCUT2D eigenvalue weighted by Crippen LogP contribution is -2.51. The fourth-order valence-electron chi connectivity index (χ4n) is 0.782. The van der Waals surface area contributed by atoms with E-state index in [-0.39, 0.29) is 47.5 Å². The van der Waals surface area contributed by atoms with Gasteiger partial charge < -0.3 is 0 Å². The van der Waals surface area contributed by atoms with Crippen LogP contribution in [-0.2, 0) is 0 Å². The van der Waals surface area contributed by atoms with Crippen molar-refractivity contribution >= 4 is 23.2 Å². The van der Waals surface area contributed by atoms with Crippen LogP contribution in [0.2, 0.25) is 0 Å². The van der Waals surface area contributed by atoms with Gasteiger partial charge >= 0.3 is 29.9 Å². The minimum Gasteiger partial charge on any atom is -0.227 e. The Bertz CT molecular complexity index is 815. The van der Waals surface area contributed by atoms with Gasteiger partial charge in [-0.05, 0) is 27.7 Å².